The largest absolute Gasteiger partial charge is 0.438 e. The maximum Gasteiger partial charge on any atom is 0.257 e. The Balaban J connectivity index is 1.95. The summed E-state index contributed by atoms with van der Waals surface area (Å²) < 4.78 is 11.7. The molecule has 2 aliphatic heterocycles. The fraction of sp³-hybridized carbons (Fsp3) is 0.389. The van der Waals surface area contributed by atoms with Crippen LogP contribution in [0.3, 0.4) is 0 Å². The quantitative estimate of drug-likeness (QED) is 0.800. The van der Waals surface area contributed by atoms with Crippen LogP contribution in [-0.2, 0) is 4.74 Å². The number of carbonyl (C=O) groups excluding carboxylic acids is 1. The Morgan fingerprint density at radius 1 is 1.33 bits per heavy atom. The number of halogens is 1. The molecule has 4 bridgehead atoms. The molecule has 0 unspecified atom stereocenters. The van der Waals surface area contributed by atoms with Crippen LogP contribution in [0.1, 0.15) is 28.4 Å². The molecule has 1 saturated heterocycles. The second-order valence-corrected chi connectivity index (χ2v) is 7.14. The first-order valence-corrected chi connectivity index (χ1v) is 9.03. The zero-order valence-electron chi connectivity index (χ0n) is 15.1. The molecule has 1 aromatic heterocycles. The number of nitrogens with zero attached hydrogens (tertiary/aromatic N) is 4. The Morgan fingerprint density at radius 3 is 2.93 bits per heavy atom. The number of nitrogens with two attached hydrogens (primary N) is 1. The summed E-state index contributed by atoms with van der Waals surface area (Å²) in [6.45, 7) is 1.82. The molecule has 9 heteroatoms. The number of fused-ring (bicyclic) bond motifs is 7. The maximum atomic E-state index is 12.6. The van der Waals surface area contributed by atoms with Gasteiger partial charge in [-0.25, -0.2) is 0 Å². The van der Waals surface area contributed by atoms with Gasteiger partial charge in [-0.05, 0) is 24.1 Å². The average molecular weight is 390 g/mol. The van der Waals surface area contributed by atoms with Crippen molar-refractivity contribution in [1.29, 1.82) is 0 Å². The molecular weight excluding hydrogens is 370 g/mol. The van der Waals surface area contributed by atoms with Crippen LogP contribution in [0.25, 0.3) is 0 Å². The van der Waals surface area contributed by atoms with Gasteiger partial charge >= 0.3 is 0 Å². The molecule has 0 radical (unpaired) electrons. The van der Waals surface area contributed by atoms with Crippen LogP contribution in [0.2, 0.25) is 5.02 Å². The number of nitrogen functional groups attached to an aromatic ring is 1. The van der Waals surface area contributed by atoms with E-state index >= 15 is 0 Å². The highest BCUT2D eigenvalue weighted by Gasteiger charge is 2.31. The van der Waals surface area contributed by atoms with E-state index in [9.17, 15) is 4.79 Å². The molecule has 0 aliphatic carbocycles. The number of anilines is 2. The van der Waals surface area contributed by atoms with E-state index in [0.717, 1.165) is 18.5 Å². The lowest BCUT2D eigenvalue weighted by Gasteiger charge is -2.31. The summed E-state index contributed by atoms with van der Waals surface area (Å²) in [7, 11) is 3.35. The van der Waals surface area contributed by atoms with Crippen molar-refractivity contribution in [2.45, 2.75) is 12.5 Å². The second-order valence-electron chi connectivity index (χ2n) is 6.73. The minimum absolute atomic E-state index is 0.105. The van der Waals surface area contributed by atoms with E-state index in [2.05, 4.69) is 14.9 Å². The number of benzene rings is 1. The van der Waals surface area contributed by atoms with Crippen molar-refractivity contribution in [2.75, 3.05) is 44.5 Å². The number of hydrogen-bond donors (Lipinski definition) is 1. The standard InChI is InChI=1S/C18H20ClN5O3/c1-23(2)17(25)11-6-12(19)10-7-14(11)27-16-8-15(21-18(20)22-16)24-4-3-5-26-9-13(10)24/h6-8,13H,3-5,9H2,1-2H3,(H2,20,21,22)/t13-/m1/s1. The van der Waals surface area contributed by atoms with Gasteiger partial charge in [0.15, 0.2) is 0 Å². The molecule has 4 rings (SSSR count). The molecular formula is C18H20ClN5O3. The van der Waals surface area contributed by atoms with Crippen molar-refractivity contribution in [3.05, 3.63) is 34.3 Å². The van der Waals surface area contributed by atoms with Crippen molar-refractivity contribution < 1.29 is 14.3 Å². The molecule has 1 aromatic carbocycles. The lowest BCUT2D eigenvalue weighted by molar-refractivity contribution is 0.0825. The van der Waals surface area contributed by atoms with Crippen LogP contribution >= 0.6 is 11.6 Å². The van der Waals surface area contributed by atoms with Crippen LogP contribution in [0.15, 0.2) is 18.2 Å². The molecule has 1 amide bonds. The number of rotatable bonds is 1. The van der Waals surface area contributed by atoms with Gasteiger partial charge in [-0.3, -0.25) is 4.79 Å². The van der Waals surface area contributed by atoms with Crippen LogP contribution in [-0.4, -0.2) is 54.6 Å². The highest BCUT2D eigenvalue weighted by atomic mass is 35.5. The third-order valence-corrected chi connectivity index (χ3v) is 4.98. The van der Waals surface area contributed by atoms with Crippen LogP contribution in [0, 0.1) is 0 Å². The number of hydrogen-bond acceptors (Lipinski definition) is 7. The maximum absolute atomic E-state index is 12.6. The number of amides is 1. The molecule has 2 aliphatic rings. The first-order valence-electron chi connectivity index (χ1n) is 8.66. The molecule has 27 heavy (non-hydrogen) atoms. The summed E-state index contributed by atoms with van der Waals surface area (Å²) in [5, 5.41) is 0.476. The van der Waals surface area contributed by atoms with Gasteiger partial charge in [-0.15, -0.1) is 0 Å². The first kappa shape index (κ1) is 17.8. The Bertz CT molecular complexity index is 905. The normalized spacial score (nSPS) is 18.3. The highest BCUT2D eigenvalue weighted by Crippen LogP contribution is 2.40. The fourth-order valence-electron chi connectivity index (χ4n) is 3.37. The fourth-order valence-corrected chi connectivity index (χ4v) is 3.66. The Labute approximate surface area is 161 Å². The third-order valence-electron chi connectivity index (χ3n) is 4.65. The summed E-state index contributed by atoms with van der Waals surface area (Å²) in [6, 6.07) is 4.98. The van der Waals surface area contributed by atoms with Crippen LogP contribution in [0.4, 0.5) is 11.8 Å². The van der Waals surface area contributed by atoms with Gasteiger partial charge in [-0.1, -0.05) is 11.6 Å². The summed E-state index contributed by atoms with van der Waals surface area (Å²) in [4.78, 5) is 24.7. The summed E-state index contributed by atoms with van der Waals surface area (Å²) in [5.41, 5.74) is 7.07. The Hall–Kier alpha value is -2.58. The average Bonchev–Trinajstić information content (AvgIpc) is 2.85. The Morgan fingerprint density at radius 2 is 2.15 bits per heavy atom. The Kier molecular flexibility index (Phi) is 4.53. The molecule has 1 fully saturated rings. The van der Waals surface area contributed by atoms with Gasteiger partial charge in [0, 0.05) is 38.3 Å². The van der Waals surface area contributed by atoms with E-state index in [4.69, 9.17) is 26.8 Å². The van der Waals surface area contributed by atoms with Gasteiger partial charge in [-0.2, -0.15) is 9.97 Å². The van der Waals surface area contributed by atoms with Gasteiger partial charge in [0.1, 0.15) is 11.6 Å². The smallest absolute Gasteiger partial charge is 0.257 e. The zero-order valence-corrected chi connectivity index (χ0v) is 15.9. The number of ether oxygens (including phenoxy) is 2. The van der Waals surface area contributed by atoms with Gasteiger partial charge < -0.3 is 25.0 Å². The van der Waals surface area contributed by atoms with E-state index < -0.39 is 0 Å². The minimum atomic E-state index is -0.214. The second kappa shape index (κ2) is 6.86. The van der Waals surface area contributed by atoms with Crippen LogP contribution < -0.4 is 15.4 Å². The number of carbonyl (C=O) groups is 1. The molecule has 0 spiro atoms. The van der Waals surface area contributed by atoms with Crippen molar-refractivity contribution in [1.82, 2.24) is 14.9 Å². The molecule has 142 valence electrons. The van der Waals surface area contributed by atoms with Gasteiger partial charge in [0.25, 0.3) is 5.91 Å². The highest BCUT2D eigenvalue weighted by molar-refractivity contribution is 6.32. The summed E-state index contributed by atoms with van der Waals surface area (Å²) in [5.74, 6) is 1.20. The van der Waals surface area contributed by atoms with Gasteiger partial charge in [0.05, 0.1) is 18.2 Å². The van der Waals surface area contributed by atoms with Crippen molar-refractivity contribution in [3.63, 3.8) is 0 Å². The molecule has 0 saturated carbocycles. The number of aromatic nitrogens is 2. The lowest BCUT2D eigenvalue weighted by atomic mass is 10.0. The first-order chi connectivity index (χ1) is 12.9. The summed E-state index contributed by atoms with van der Waals surface area (Å²) >= 11 is 6.59. The van der Waals surface area contributed by atoms with E-state index in [1.165, 1.54) is 4.90 Å². The molecule has 8 nitrogen and oxygen atoms in total. The predicted octanol–water partition coefficient (Wildman–Crippen LogP) is 2.49. The lowest BCUT2D eigenvalue weighted by Crippen LogP contribution is -2.31. The van der Waals surface area contributed by atoms with Crippen LogP contribution in [0.5, 0.6) is 11.6 Å². The summed E-state index contributed by atoms with van der Waals surface area (Å²) in [6.07, 6.45) is 0.846. The zero-order chi connectivity index (χ0) is 19.1. The van der Waals surface area contributed by atoms with Crippen molar-refractivity contribution in [2.24, 2.45) is 0 Å². The monoisotopic (exact) mass is 389 g/mol. The van der Waals surface area contributed by atoms with Crippen molar-refractivity contribution >= 4 is 29.3 Å². The van der Waals surface area contributed by atoms with E-state index in [0.29, 0.717) is 35.4 Å². The minimum Gasteiger partial charge on any atom is -0.438 e. The SMILES string of the molecule is CN(C)C(=O)c1cc(Cl)c2cc1Oc1cc(nc(N)n1)N1CCCOC[C@H]21. The van der Waals surface area contributed by atoms with E-state index in [1.807, 2.05) is 0 Å². The molecule has 2 N–H and O–H groups in total. The van der Waals surface area contributed by atoms with E-state index in [-0.39, 0.29) is 23.8 Å². The van der Waals surface area contributed by atoms with Crippen molar-refractivity contribution in [3.8, 4) is 11.6 Å². The topological polar surface area (TPSA) is 93.8 Å². The molecule has 3 heterocycles. The molecule has 1 atom stereocenters. The third kappa shape index (κ3) is 3.26. The molecule has 2 aromatic rings. The van der Waals surface area contributed by atoms with E-state index in [1.54, 1.807) is 32.3 Å². The predicted molar refractivity (Wildman–Crippen MR) is 102 cm³/mol. The van der Waals surface area contributed by atoms with Gasteiger partial charge in [0.2, 0.25) is 11.8 Å².